The lowest BCUT2D eigenvalue weighted by Crippen LogP contribution is -2.21. The van der Waals surface area contributed by atoms with Crippen molar-refractivity contribution in [1.29, 1.82) is 0 Å². The van der Waals surface area contributed by atoms with Crippen molar-refractivity contribution >= 4 is 39.8 Å². The molecule has 3 aromatic rings. The molecule has 0 aliphatic carbocycles. The summed E-state index contributed by atoms with van der Waals surface area (Å²) in [4.78, 5) is 0. The van der Waals surface area contributed by atoms with E-state index in [1.807, 2.05) is 0 Å². The fourth-order valence-corrected chi connectivity index (χ4v) is 5.59. The molecule has 3 rings (SSSR count). The maximum Gasteiger partial charge on any atom is 0.0288 e. The molecule has 0 bridgehead atoms. The predicted molar refractivity (Wildman–Crippen MR) is 97.6 cm³/mol. The molecule has 0 saturated carbocycles. The van der Waals surface area contributed by atoms with Crippen LogP contribution in [0.2, 0.25) is 0 Å². The van der Waals surface area contributed by atoms with Gasteiger partial charge in [-0.15, -0.1) is 0 Å². The molecule has 0 saturated heterocycles. The third-order valence-electron chi connectivity index (χ3n) is 3.44. The first-order valence-electron chi connectivity index (χ1n) is 6.93. The van der Waals surface area contributed by atoms with Crippen LogP contribution in [-0.2, 0) is 0 Å². The van der Waals surface area contributed by atoms with Gasteiger partial charge in [0.25, 0.3) is 0 Å². The standard InChI is InChI=1S/C19H16BrP/c1-15-9-8-14-18(19(15)20)21(16-10-4-2-5-11-16)17-12-6-3-7-13-17/h2-14H,1H3. The molecule has 0 fully saturated rings. The number of aryl methyl sites for hydroxylation is 1. The van der Waals surface area contributed by atoms with Crippen LogP contribution < -0.4 is 15.9 Å². The summed E-state index contributed by atoms with van der Waals surface area (Å²) >= 11 is 3.79. The van der Waals surface area contributed by atoms with E-state index >= 15 is 0 Å². The highest BCUT2D eigenvalue weighted by Crippen LogP contribution is 2.36. The summed E-state index contributed by atoms with van der Waals surface area (Å²) in [5.41, 5.74) is 1.28. The summed E-state index contributed by atoms with van der Waals surface area (Å²) in [6.45, 7) is 2.15. The Morgan fingerprint density at radius 2 is 1.19 bits per heavy atom. The molecule has 0 aliphatic heterocycles. The first-order chi connectivity index (χ1) is 10.3. The zero-order valence-corrected chi connectivity index (χ0v) is 14.3. The SMILES string of the molecule is Cc1cccc(P(c2ccccc2)c2ccccc2)c1Br. The lowest BCUT2D eigenvalue weighted by Gasteiger charge is -2.21. The van der Waals surface area contributed by atoms with Crippen LogP contribution in [0.5, 0.6) is 0 Å². The van der Waals surface area contributed by atoms with Crippen LogP contribution in [0.3, 0.4) is 0 Å². The Morgan fingerprint density at radius 3 is 1.71 bits per heavy atom. The molecule has 0 atom stereocenters. The molecule has 0 N–H and O–H groups in total. The maximum atomic E-state index is 3.79. The van der Waals surface area contributed by atoms with Crippen molar-refractivity contribution in [3.05, 3.63) is 88.9 Å². The molecule has 0 amide bonds. The molecular formula is C19H16BrP. The van der Waals surface area contributed by atoms with E-state index < -0.39 is 7.92 Å². The monoisotopic (exact) mass is 354 g/mol. The van der Waals surface area contributed by atoms with Crippen LogP contribution in [-0.4, -0.2) is 0 Å². The fourth-order valence-electron chi connectivity index (χ4n) is 2.39. The molecule has 0 radical (unpaired) electrons. The Bertz CT molecular complexity index is 684. The number of rotatable bonds is 3. The van der Waals surface area contributed by atoms with Crippen LogP contribution >= 0.6 is 23.9 Å². The molecule has 21 heavy (non-hydrogen) atoms. The zero-order chi connectivity index (χ0) is 14.7. The molecule has 0 aliphatic rings. The molecule has 2 heteroatoms. The average molecular weight is 355 g/mol. The number of hydrogen-bond donors (Lipinski definition) is 0. The summed E-state index contributed by atoms with van der Waals surface area (Å²) in [6, 6.07) is 28.1. The number of halogens is 1. The van der Waals surface area contributed by atoms with Crippen LogP contribution in [0.4, 0.5) is 0 Å². The summed E-state index contributed by atoms with van der Waals surface area (Å²) < 4.78 is 1.23. The highest BCUT2D eigenvalue weighted by Gasteiger charge is 2.18. The van der Waals surface area contributed by atoms with Gasteiger partial charge in [-0.25, -0.2) is 0 Å². The summed E-state index contributed by atoms with van der Waals surface area (Å²) in [5, 5.41) is 4.14. The van der Waals surface area contributed by atoms with Gasteiger partial charge >= 0.3 is 0 Å². The Hall–Kier alpha value is -1.43. The maximum absolute atomic E-state index is 3.79. The fraction of sp³-hybridized carbons (Fsp3) is 0.0526. The second-order valence-corrected chi connectivity index (χ2v) is 7.89. The van der Waals surface area contributed by atoms with Crippen molar-refractivity contribution in [1.82, 2.24) is 0 Å². The van der Waals surface area contributed by atoms with Crippen molar-refractivity contribution in [3.63, 3.8) is 0 Å². The largest absolute Gasteiger partial charge is 0.0622 e. The molecule has 0 heterocycles. The van der Waals surface area contributed by atoms with Crippen molar-refractivity contribution in [3.8, 4) is 0 Å². The first kappa shape index (κ1) is 14.5. The Labute approximate surface area is 135 Å². The highest BCUT2D eigenvalue weighted by atomic mass is 79.9. The van der Waals surface area contributed by atoms with Gasteiger partial charge in [0, 0.05) is 4.47 Å². The van der Waals surface area contributed by atoms with E-state index in [1.165, 1.54) is 25.9 Å². The number of benzene rings is 3. The second kappa shape index (κ2) is 6.56. The van der Waals surface area contributed by atoms with Crippen molar-refractivity contribution in [2.24, 2.45) is 0 Å². The van der Waals surface area contributed by atoms with Gasteiger partial charge in [-0.2, -0.15) is 0 Å². The minimum atomic E-state index is -0.530. The smallest absolute Gasteiger partial charge is 0.0288 e. The van der Waals surface area contributed by atoms with Gasteiger partial charge < -0.3 is 0 Å². The quantitative estimate of drug-likeness (QED) is 0.606. The second-order valence-electron chi connectivity index (χ2n) is 4.91. The highest BCUT2D eigenvalue weighted by molar-refractivity contribution is 9.10. The van der Waals surface area contributed by atoms with Gasteiger partial charge in [0.05, 0.1) is 0 Å². The molecule has 0 aromatic heterocycles. The normalized spacial score (nSPS) is 10.8. The lowest BCUT2D eigenvalue weighted by atomic mass is 10.2. The van der Waals surface area contributed by atoms with Gasteiger partial charge in [-0.05, 0) is 52.3 Å². The molecule has 104 valence electrons. The molecular weight excluding hydrogens is 339 g/mol. The van der Waals surface area contributed by atoms with E-state index in [2.05, 4.69) is 102 Å². The van der Waals surface area contributed by atoms with Gasteiger partial charge in [0.2, 0.25) is 0 Å². The van der Waals surface area contributed by atoms with E-state index in [9.17, 15) is 0 Å². The Kier molecular flexibility index (Phi) is 4.53. The van der Waals surface area contributed by atoms with Crippen molar-refractivity contribution in [2.75, 3.05) is 0 Å². The summed E-state index contributed by atoms with van der Waals surface area (Å²) in [5.74, 6) is 0. The van der Waals surface area contributed by atoms with E-state index in [4.69, 9.17) is 0 Å². The zero-order valence-electron chi connectivity index (χ0n) is 11.8. The van der Waals surface area contributed by atoms with E-state index in [0.29, 0.717) is 0 Å². The minimum Gasteiger partial charge on any atom is -0.0622 e. The van der Waals surface area contributed by atoms with Crippen molar-refractivity contribution < 1.29 is 0 Å². The molecule has 3 aromatic carbocycles. The van der Waals surface area contributed by atoms with Crippen LogP contribution in [0.1, 0.15) is 5.56 Å². The molecule has 0 nitrogen and oxygen atoms in total. The van der Waals surface area contributed by atoms with Gasteiger partial charge in [-0.1, -0.05) is 78.9 Å². The van der Waals surface area contributed by atoms with Crippen LogP contribution in [0.25, 0.3) is 0 Å². The van der Waals surface area contributed by atoms with E-state index in [0.717, 1.165) is 0 Å². The summed E-state index contributed by atoms with van der Waals surface area (Å²) in [7, 11) is -0.530. The third-order valence-corrected chi connectivity index (χ3v) is 7.28. The Morgan fingerprint density at radius 1 is 0.667 bits per heavy atom. The van der Waals surface area contributed by atoms with Gasteiger partial charge in [0.1, 0.15) is 0 Å². The Balaban J connectivity index is 2.20. The van der Waals surface area contributed by atoms with Gasteiger partial charge in [-0.3, -0.25) is 0 Å². The van der Waals surface area contributed by atoms with Gasteiger partial charge in [0.15, 0.2) is 0 Å². The molecule has 0 spiro atoms. The van der Waals surface area contributed by atoms with Crippen LogP contribution in [0.15, 0.2) is 83.3 Å². The summed E-state index contributed by atoms with van der Waals surface area (Å²) in [6.07, 6.45) is 0. The predicted octanol–water partition coefficient (Wildman–Crippen LogP) is 4.52. The van der Waals surface area contributed by atoms with E-state index in [-0.39, 0.29) is 0 Å². The number of hydrogen-bond acceptors (Lipinski definition) is 0. The van der Waals surface area contributed by atoms with E-state index in [1.54, 1.807) is 0 Å². The minimum absolute atomic E-state index is 0.530. The average Bonchev–Trinajstić information content (AvgIpc) is 2.54. The lowest BCUT2D eigenvalue weighted by molar-refractivity contribution is 1.46. The van der Waals surface area contributed by atoms with Crippen molar-refractivity contribution in [2.45, 2.75) is 6.92 Å². The first-order valence-corrected chi connectivity index (χ1v) is 9.06. The third kappa shape index (κ3) is 3.10. The topological polar surface area (TPSA) is 0 Å². The van der Waals surface area contributed by atoms with Crippen LogP contribution in [0, 0.1) is 6.92 Å². The molecule has 0 unspecified atom stereocenters.